The fourth-order valence-corrected chi connectivity index (χ4v) is 2.65. The van der Waals surface area contributed by atoms with Crippen LogP contribution in [0.1, 0.15) is 12.0 Å². The number of carboxylic acid groups (broad SMARTS) is 1. The Bertz CT molecular complexity index is 733. The van der Waals surface area contributed by atoms with Gasteiger partial charge in [0, 0.05) is 6.42 Å². The molecule has 0 fully saturated rings. The van der Waals surface area contributed by atoms with Gasteiger partial charge in [-0.05, 0) is 24.6 Å². The number of rotatable bonds is 4. The van der Waals surface area contributed by atoms with E-state index in [1.807, 2.05) is 25.1 Å². The van der Waals surface area contributed by atoms with E-state index in [4.69, 9.17) is 11.5 Å². The number of anilines is 1. The lowest BCUT2D eigenvalue weighted by Gasteiger charge is -2.11. The summed E-state index contributed by atoms with van der Waals surface area (Å²) >= 11 is 1.32. The molecule has 1 atom stereocenters. The van der Waals surface area contributed by atoms with Gasteiger partial charge in [-0.15, -0.1) is 12.3 Å². The second-order valence-electron chi connectivity index (χ2n) is 4.39. The number of aromatic nitrogens is 1. The van der Waals surface area contributed by atoms with Crippen molar-refractivity contribution in [2.24, 2.45) is 0 Å². The maximum atomic E-state index is 11.8. The highest BCUT2D eigenvalue weighted by molar-refractivity contribution is 7.22. The van der Waals surface area contributed by atoms with Crippen molar-refractivity contribution in [1.29, 1.82) is 0 Å². The van der Waals surface area contributed by atoms with Crippen LogP contribution in [0.4, 0.5) is 9.93 Å². The number of fused-ring (bicyclic) bond motifs is 1. The van der Waals surface area contributed by atoms with Crippen molar-refractivity contribution in [1.82, 2.24) is 10.3 Å². The zero-order valence-corrected chi connectivity index (χ0v) is 12.0. The molecule has 0 aliphatic rings. The summed E-state index contributed by atoms with van der Waals surface area (Å²) in [7, 11) is 0. The number of aryl methyl sites for hydroxylation is 1. The van der Waals surface area contributed by atoms with Crippen molar-refractivity contribution in [3.05, 3.63) is 23.8 Å². The maximum Gasteiger partial charge on any atom is 0.327 e. The first-order chi connectivity index (χ1) is 9.99. The highest BCUT2D eigenvalue weighted by atomic mass is 32.1. The Hall–Kier alpha value is -2.59. The van der Waals surface area contributed by atoms with Gasteiger partial charge in [-0.2, -0.15) is 0 Å². The SMILES string of the molecule is C#CCC(NC(=O)Nc1nc2ccc(C)cc2s1)C(=O)O. The summed E-state index contributed by atoms with van der Waals surface area (Å²) in [5.41, 5.74) is 1.88. The molecule has 3 N–H and O–H groups in total. The van der Waals surface area contributed by atoms with E-state index in [0.29, 0.717) is 5.13 Å². The number of nitrogens with one attached hydrogen (secondary N) is 2. The van der Waals surface area contributed by atoms with Gasteiger partial charge in [0.2, 0.25) is 0 Å². The fraction of sp³-hybridized carbons (Fsp3) is 0.214. The Labute approximate surface area is 125 Å². The molecule has 0 saturated carbocycles. The number of carbonyl (C=O) groups is 2. The lowest BCUT2D eigenvalue weighted by molar-refractivity contribution is -0.139. The first kappa shape index (κ1) is 14.8. The number of urea groups is 1. The van der Waals surface area contributed by atoms with Crippen LogP contribution in [-0.4, -0.2) is 28.1 Å². The van der Waals surface area contributed by atoms with Crippen LogP contribution >= 0.6 is 11.3 Å². The average molecular weight is 303 g/mol. The van der Waals surface area contributed by atoms with E-state index in [-0.39, 0.29) is 6.42 Å². The second-order valence-corrected chi connectivity index (χ2v) is 5.42. The van der Waals surface area contributed by atoms with Crippen LogP contribution in [0.3, 0.4) is 0 Å². The Balaban J connectivity index is 2.07. The predicted octanol–water partition coefficient (Wildman–Crippen LogP) is 2.20. The molecule has 1 unspecified atom stereocenters. The van der Waals surface area contributed by atoms with Gasteiger partial charge >= 0.3 is 12.0 Å². The van der Waals surface area contributed by atoms with Gasteiger partial charge in [0.25, 0.3) is 0 Å². The molecule has 7 heteroatoms. The summed E-state index contributed by atoms with van der Waals surface area (Å²) in [6.07, 6.45) is 4.98. The summed E-state index contributed by atoms with van der Waals surface area (Å²) in [4.78, 5) is 26.9. The van der Waals surface area contributed by atoms with E-state index < -0.39 is 18.0 Å². The molecule has 1 heterocycles. The first-order valence-corrected chi connectivity index (χ1v) is 6.92. The molecule has 1 aromatic carbocycles. The summed E-state index contributed by atoms with van der Waals surface area (Å²) in [6.45, 7) is 1.97. The van der Waals surface area contributed by atoms with Crippen LogP contribution in [-0.2, 0) is 4.79 Å². The molecule has 0 aliphatic carbocycles. The summed E-state index contributed by atoms with van der Waals surface area (Å²) in [6, 6.07) is 4.00. The maximum absolute atomic E-state index is 11.8. The van der Waals surface area contributed by atoms with Crippen LogP contribution in [0, 0.1) is 19.3 Å². The van der Waals surface area contributed by atoms with Gasteiger partial charge in [-0.3, -0.25) is 5.32 Å². The van der Waals surface area contributed by atoms with E-state index >= 15 is 0 Å². The predicted molar refractivity (Wildman–Crippen MR) is 81.4 cm³/mol. The number of benzene rings is 1. The van der Waals surface area contributed by atoms with Crippen molar-refractivity contribution < 1.29 is 14.7 Å². The highest BCUT2D eigenvalue weighted by Gasteiger charge is 2.19. The highest BCUT2D eigenvalue weighted by Crippen LogP contribution is 2.26. The Morgan fingerprint density at radius 2 is 2.29 bits per heavy atom. The van der Waals surface area contributed by atoms with Crippen LogP contribution in [0.15, 0.2) is 18.2 Å². The van der Waals surface area contributed by atoms with E-state index in [9.17, 15) is 9.59 Å². The molecule has 108 valence electrons. The number of amides is 2. The van der Waals surface area contributed by atoms with E-state index in [1.54, 1.807) is 0 Å². The molecule has 6 nitrogen and oxygen atoms in total. The monoisotopic (exact) mass is 303 g/mol. The third kappa shape index (κ3) is 3.70. The molecule has 0 aliphatic heterocycles. The molecule has 1 aromatic heterocycles. The Morgan fingerprint density at radius 1 is 1.52 bits per heavy atom. The summed E-state index contributed by atoms with van der Waals surface area (Å²) in [5, 5.41) is 14.1. The molecule has 0 spiro atoms. The fourth-order valence-electron chi connectivity index (χ4n) is 1.69. The number of nitrogens with zero attached hydrogens (tertiary/aromatic N) is 1. The van der Waals surface area contributed by atoms with Crippen molar-refractivity contribution in [2.75, 3.05) is 5.32 Å². The quantitative estimate of drug-likeness (QED) is 0.755. The first-order valence-electron chi connectivity index (χ1n) is 6.10. The lowest BCUT2D eigenvalue weighted by atomic mass is 10.2. The van der Waals surface area contributed by atoms with Gasteiger partial charge in [0.15, 0.2) is 5.13 Å². The normalized spacial score (nSPS) is 11.6. The minimum Gasteiger partial charge on any atom is -0.480 e. The molecule has 0 bridgehead atoms. The molecule has 2 amide bonds. The van der Waals surface area contributed by atoms with Gasteiger partial charge in [0.1, 0.15) is 6.04 Å². The Morgan fingerprint density at radius 3 is 2.95 bits per heavy atom. The number of hydrogen-bond acceptors (Lipinski definition) is 4. The minimum atomic E-state index is -1.18. The topological polar surface area (TPSA) is 91.3 Å². The molecule has 0 saturated heterocycles. The standard InChI is InChI=1S/C14H13N3O3S/c1-3-4-10(12(18)19)15-13(20)17-14-16-9-6-5-8(2)7-11(9)21-14/h1,5-7,10H,4H2,2H3,(H,18,19)(H2,15,16,17,20). The van der Waals surface area contributed by atoms with E-state index in [2.05, 4.69) is 21.5 Å². The van der Waals surface area contributed by atoms with Gasteiger partial charge in [0.05, 0.1) is 10.2 Å². The van der Waals surface area contributed by atoms with Crippen LogP contribution in [0.25, 0.3) is 10.2 Å². The number of terminal acetylenes is 1. The number of carbonyl (C=O) groups excluding carboxylic acids is 1. The molecule has 0 radical (unpaired) electrons. The molecule has 2 rings (SSSR count). The summed E-state index contributed by atoms with van der Waals surface area (Å²) < 4.78 is 0.948. The van der Waals surface area contributed by atoms with Gasteiger partial charge in [-0.1, -0.05) is 17.4 Å². The number of carboxylic acids is 1. The average Bonchev–Trinajstić information content (AvgIpc) is 2.79. The third-order valence-corrected chi connectivity index (χ3v) is 3.62. The lowest BCUT2D eigenvalue weighted by Crippen LogP contribution is -2.42. The number of hydrogen-bond donors (Lipinski definition) is 3. The zero-order chi connectivity index (χ0) is 15.4. The second kappa shape index (κ2) is 6.24. The third-order valence-electron chi connectivity index (χ3n) is 2.69. The van der Waals surface area contributed by atoms with Crippen LogP contribution < -0.4 is 10.6 Å². The van der Waals surface area contributed by atoms with Gasteiger partial charge < -0.3 is 10.4 Å². The minimum absolute atomic E-state index is 0.0816. The van der Waals surface area contributed by atoms with Crippen molar-refractivity contribution in [3.8, 4) is 12.3 Å². The number of thiazole rings is 1. The summed E-state index contributed by atoms with van der Waals surface area (Å²) in [5.74, 6) is 1.03. The zero-order valence-electron chi connectivity index (χ0n) is 11.2. The Kier molecular flexibility index (Phi) is 4.40. The molecular weight excluding hydrogens is 290 g/mol. The van der Waals surface area contributed by atoms with E-state index in [1.165, 1.54) is 11.3 Å². The number of aliphatic carboxylic acids is 1. The van der Waals surface area contributed by atoms with Crippen molar-refractivity contribution >= 4 is 38.7 Å². The molecule has 2 aromatic rings. The largest absolute Gasteiger partial charge is 0.480 e. The molecule has 21 heavy (non-hydrogen) atoms. The van der Waals surface area contributed by atoms with Crippen molar-refractivity contribution in [2.45, 2.75) is 19.4 Å². The smallest absolute Gasteiger partial charge is 0.327 e. The molecular formula is C14H13N3O3S. The van der Waals surface area contributed by atoms with Crippen LogP contribution in [0.5, 0.6) is 0 Å². The van der Waals surface area contributed by atoms with Crippen LogP contribution in [0.2, 0.25) is 0 Å². The van der Waals surface area contributed by atoms with Crippen molar-refractivity contribution in [3.63, 3.8) is 0 Å². The van der Waals surface area contributed by atoms with Gasteiger partial charge in [-0.25, -0.2) is 14.6 Å². The van der Waals surface area contributed by atoms with E-state index in [0.717, 1.165) is 15.8 Å².